The molecule has 1 rings (SSSR count). The molecule has 0 fully saturated rings. The van der Waals surface area contributed by atoms with Gasteiger partial charge in [-0.2, -0.15) is 0 Å². The molecule has 0 aliphatic rings. The van der Waals surface area contributed by atoms with Gasteiger partial charge < -0.3 is 16.2 Å². The zero-order chi connectivity index (χ0) is 14.8. The first-order valence-corrected chi connectivity index (χ1v) is 6.04. The van der Waals surface area contributed by atoms with E-state index in [-0.39, 0.29) is 22.5 Å². The molecule has 4 N–H and O–H groups in total. The Bertz CT molecular complexity index is 519. The number of carbonyl (C=O) groups excluding carboxylic acids is 1. The van der Waals surface area contributed by atoms with Gasteiger partial charge in [0.25, 0.3) is 0 Å². The number of halogens is 1. The number of primary amides is 1. The highest BCUT2D eigenvalue weighted by Crippen LogP contribution is 2.24. The Balaban J connectivity index is 3.15. The van der Waals surface area contributed by atoms with E-state index in [4.69, 9.17) is 22.4 Å². The number of rotatable bonds is 5. The van der Waals surface area contributed by atoms with Gasteiger partial charge in [-0.05, 0) is 25.0 Å². The van der Waals surface area contributed by atoms with E-state index in [2.05, 4.69) is 10.3 Å². The number of hydrogen-bond acceptors (Lipinski definition) is 4. The highest BCUT2D eigenvalue weighted by molar-refractivity contribution is 6.33. The van der Waals surface area contributed by atoms with E-state index in [1.54, 1.807) is 6.92 Å². The number of nitrogens with two attached hydrogens (primary N) is 1. The Morgan fingerprint density at radius 3 is 2.47 bits per heavy atom. The van der Waals surface area contributed by atoms with Gasteiger partial charge in [-0.15, -0.1) is 0 Å². The molecule has 1 amide bonds. The van der Waals surface area contributed by atoms with E-state index >= 15 is 0 Å². The fraction of sp³-hybridized carbons (Fsp3) is 0.417. The molecule has 0 bridgehead atoms. The lowest BCUT2D eigenvalue weighted by Crippen LogP contribution is -2.52. The number of aromatic nitrogens is 1. The molecule has 0 radical (unpaired) electrons. The number of carboxylic acid groups (broad SMARTS) is 1. The SMILES string of the molecule is CC(C)C(C)(Nc1ccc(Cl)c(C(=O)O)n1)C(N)=O. The van der Waals surface area contributed by atoms with Crippen LogP contribution in [0.4, 0.5) is 5.82 Å². The number of pyridine rings is 1. The standard InChI is InChI=1S/C12H16ClN3O3/c1-6(2)12(3,11(14)19)16-8-5-4-7(13)9(15-8)10(17)18/h4-6H,1-3H3,(H2,14,19)(H,15,16)(H,17,18). The summed E-state index contributed by atoms with van der Waals surface area (Å²) >= 11 is 5.72. The second kappa shape index (κ2) is 5.44. The molecule has 0 spiro atoms. The fourth-order valence-corrected chi connectivity index (χ4v) is 1.60. The van der Waals surface area contributed by atoms with E-state index in [0.717, 1.165) is 0 Å². The van der Waals surface area contributed by atoms with Gasteiger partial charge >= 0.3 is 5.97 Å². The molecule has 0 saturated carbocycles. The largest absolute Gasteiger partial charge is 0.476 e. The Morgan fingerprint density at radius 2 is 2.05 bits per heavy atom. The fourth-order valence-electron chi connectivity index (χ4n) is 1.42. The predicted molar refractivity (Wildman–Crippen MR) is 72.3 cm³/mol. The lowest BCUT2D eigenvalue weighted by atomic mass is 9.87. The van der Waals surface area contributed by atoms with Crippen LogP contribution in [0.15, 0.2) is 12.1 Å². The summed E-state index contributed by atoms with van der Waals surface area (Å²) < 4.78 is 0. The number of nitrogens with one attached hydrogen (secondary N) is 1. The van der Waals surface area contributed by atoms with Crippen LogP contribution in [-0.2, 0) is 4.79 Å². The molecule has 104 valence electrons. The van der Waals surface area contributed by atoms with Crippen molar-refractivity contribution in [1.82, 2.24) is 4.98 Å². The van der Waals surface area contributed by atoms with Crippen LogP contribution in [0.1, 0.15) is 31.3 Å². The molecule has 1 aromatic heterocycles. The number of nitrogens with zero attached hydrogens (tertiary/aromatic N) is 1. The van der Waals surface area contributed by atoms with Gasteiger partial charge in [0.1, 0.15) is 11.4 Å². The minimum atomic E-state index is -1.24. The topological polar surface area (TPSA) is 105 Å². The maximum atomic E-state index is 11.5. The molecule has 1 atom stereocenters. The molecule has 6 nitrogen and oxygen atoms in total. The van der Waals surface area contributed by atoms with Crippen molar-refractivity contribution in [3.8, 4) is 0 Å². The summed E-state index contributed by atoms with van der Waals surface area (Å²) in [5.41, 5.74) is 4.07. The Morgan fingerprint density at radius 1 is 1.47 bits per heavy atom. The highest BCUT2D eigenvalue weighted by atomic mass is 35.5. The lowest BCUT2D eigenvalue weighted by Gasteiger charge is -2.32. The van der Waals surface area contributed by atoms with Gasteiger partial charge in [0.2, 0.25) is 5.91 Å². The van der Waals surface area contributed by atoms with E-state index in [0.29, 0.717) is 0 Å². The van der Waals surface area contributed by atoms with Crippen LogP contribution < -0.4 is 11.1 Å². The van der Waals surface area contributed by atoms with Crippen molar-refractivity contribution in [2.75, 3.05) is 5.32 Å². The molecule has 1 unspecified atom stereocenters. The van der Waals surface area contributed by atoms with Crippen LogP contribution in [0.25, 0.3) is 0 Å². The third-order valence-electron chi connectivity index (χ3n) is 3.10. The van der Waals surface area contributed by atoms with Gasteiger partial charge in [-0.1, -0.05) is 25.4 Å². The van der Waals surface area contributed by atoms with Crippen molar-refractivity contribution in [3.63, 3.8) is 0 Å². The first-order valence-electron chi connectivity index (χ1n) is 5.66. The van der Waals surface area contributed by atoms with Crippen molar-refractivity contribution < 1.29 is 14.7 Å². The predicted octanol–water partition coefficient (Wildman–Crippen LogP) is 1.75. The summed E-state index contributed by atoms with van der Waals surface area (Å²) in [6.45, 7) is 5.29. The van der Waals surface area contributed by atoms with Crippen LogP contribution in [0.3, 0.4) is 0 Å². The summed E-state index contributed by atoms with van der Waals surface area (Å²) in [7, 11) is 0. The Kier molecular flexibility index (Phi) is 4.36. The second-order valence-electron chi connectivity index (χ2n) is 4.68. The zero-order valence-corrected chi connectivity index (χ0v) is 11.7. The van der Waals surface area contributed by atoms with Crippen molar-refractivity contribution in [1.29, 1.82) is 0 Å². The van der Waals surface area contributed by atoms with Crippen molar-refractivity contribution >= 4 is 29.3 Å². The molecule has 19 heavy (non-hydrogen) atoms. The van der Waals surface area contributed by atoms with Gasteiger partial charge in [0.15, 0.2) is 5.69 Å². The number of amides is 1. The first kappa shape index (κ1) is 15.2. The van der Waals surface area contributed by atoms with E-state index in [1.807, 2.05) is 13.8 Å². The van der Waals surface area contributed by atoms with E-state index in [1.165, 1.54) is 12.1 Å². The molecular formula is C12H16ClN3O3. The third-order valence-corrected chi connectivity index (χ3v) is 3.41. The van der Waals surface area contributed by atoms with Crippen molar-refractivity contribution in [2.24, 2.45) is 11.7 Å². The Hall–Kier alpha value is -1.82. The first-order chi connectivity index (χ1) is 8.68. The number of hydrogen-bond donors (Lipinski definition) is 3. The Labute approximate surface area is 116 Å². The maximum Gasteiger partial charge on any atom is 0.356 e. The summed E-state index contributed by atoms with van der Waals surface area (Å²) in [6, 6.07) is 2.90. The smallest absolute Gasteiger partial charge is 0.356 e. The highest BCUT2D eigenvalue weighted by Gasteiger charge is 2.35. The second-order valence-corrected chi connectivity index (χ2v) is 5.09. The van der Waals surface area contributed by atoms with Gasteiger partial charge in [-0.25, -0.2) is 9.78 Å². The molecule has 1 aromatic rings. The molecule has 0 aliphatic heterocycles. The molecule has 1 heterocycles. The van der Waals surface area contributed by atoms with Crippen molar-refractivity contribution in [3.05, 3.63) is 22.8 Å². The van der Waals surface area contributed by atoms with Crippen LogP contribution in [0.2, 0.25) is 5.02 Å². The van der Waals surface area contributed by atoms with E-state index in [9.17, 15) is 9.59 Å². The summed E-state index contributed by atoms with van der Waals surface area (Å²) in [5.74, 6) is -1.65. The average Bonchev–Trinajstić information content (AvgIpc) is 2.30. The van der Waals surface area contributed by atoms with Gasteiger partial charge in [0, 0.05) is 0 Å². The van der Waals surface area contributed by atoms with Crippen LogP contribution >= 0.6 is 11.6 Å². The van der Waals surface area contributed by atoms with E-state index < -0.39 is 17.4 Å². The average molecular weight is 286 g/mol. The lowest BCUT2D eigenvalue weighted by molar-refractivity contribution is -0.123. The van der Waals surface area contributed by atoms with Crippen molar-refractivity contribution in [2.45, 2.75) is 26.3 Å². The van der Waals surface area contributed by atoms with Crippen LogP contribution in [0, 0.1) is 5.92 Å². The van der Waals surface area contributed by atoms with Crippen LogP contribution in [0.5, 0.6) is 0 Å². The molecule has 7 heteroatoms. The summed E-state index contributed by atoms with van der Waals surface area (Å²) in [4.78, 5) is 26.4. The summed E-state index contributed by atoms with van der Waals surface area (Å²) in [6.07, 6.45) is 0. The minimum Gasteiger partial charge on any atom is -0.476 e. The quantitative estimate of drug-likeness (QED) is 0.764. The van der Waals surface area contributed by atoms with Gasteiger partial charge in [0.05, 0.1) is 5.02 Å². The number of carbonyl (C=O) groups is 2. The van der Waals surface area contributed by atoms with Crippen LogP contribution in [-0.4, -0.2) is 27.5 Å². The maximum absolute atomic E-state index is 11.5. The molecule has 0 aromatic carbocycles. The zero-order valence-electron chi connectivity index (χ0n) is 10.9. The summed E-state index contributed by atoms with van der Waals surface area (Å²) in [5, 5.41) is 11.8. The number of anilines is 1. The normalized spacial score (nSPS) is 13.9. The molecule has 0 saturated heterocycles. The van der Waals surface area contributed by atoms with Gasteiger partial charge in [-0.3, -0.25) is 4.79 Å². The number of aromatic carboxylic acids is 1. The monoisotopic (exact) mass is 285 g/mol. The molecular weight excluding hydrogens is 270 g/mol. The molecule has 0 aliphatic carbocycles. The minimum absolute atomic E-state index is 0.0309. The number of carboxylic acids is 1. The third kappa shape index (κ3) is 3.14.